The SMILES string of the molecule is O=C(CCCc1ccccc1)N1CCC2CCN(c3ncccc3F)CC21. The number of piperidine rings is 1. The number of carbonyl (C=O) groups is 1. The van der Waals surface area contributed by atoms with Gasteiger partial charge in [0.1, 0.15) is 0 Å². The van der Waals surface area contributed by atoms with E-state index in [1.165, 1.54) is 11.6 Å². The number of carbonyl (C=O) groups excluding carboxylic acids is 1. The van der Waals surface area contributed by atoms with Gasteiger partial charge in [-0.15, -0.1) is 0 Å². The maximum atomic E-state index is 14.1. The second-order valence-electron chi connectivity index (χ2n) is 7.59. The molecule has 2 atom stereocenters. The Morgan fingerprint density at radius 3 is 2.74 bits per heavy atom. The molecule has 2 saturated heterocycles. The molecule has 2 aliphatic heterocycles. The van der Waals surface area contributed by atoms with Crippen LogP contribution in [-0.2, 0) is 11.2 Å². The van der Waals surface area contributed by atoms with E-state index in [-0.39, 0.29) is 17.8 Å². The first-order valence-corrected chi connectivity index (χ1v) is 9.91. The quantitative estimate of drug-likeness (QED) is 0.809. The predicted octanol–water partition coefficient (Wildman–Crippen LogP) is 3.67. The molecule has 0 saturated carbocycles. The van der Waals surface area contributed by atoms with Crippen LogP contribution in [-0.4, -0.2) is 41.5 Å². The molecule has 0 bridgehead atoms. The third-order valence-corrected chi connectivity index (χ3v) is 5.92. The first-order valence-electron chi connectivity index (χ1n) is 9.91. The minimum Gasteiger partial charge on any atom is -0.352 e. The van der Waals surface area contributed by atoms with E-state index < -0.39 is 0 Å². The van der Waals surface area contributed by atoms with Gasteiger partial charge in [-0.05, 0) is 49.3 Å². The van der Waals surface area contributed by atoms with Crippen LogP contribution >= 0.6 is 0 Å². The van der Waals surface area contributed by atoms with E-state index in [1.54, 1.807) is 12.3 Å². The van der Waals surface area contributed by atoms with Gasteiger partial charge in [0, 0.05) is 32.3 Å². The zero-order valence-corrected chi connectivity index (χ0v) is 15.6. The summed E-state index contributed by atoms with van der Waals surface area (Å²) in [5.41, 5.74) is 1.28. The van der Waals surface area contributed by atoms with Crippen molar-refractivity contribution in [2.24, 2.45) is 5.92 Å². The molecule has 1 amide bonds. The summed E-state index contributed by atoms with van der Waals surface area (Å²) in [7, 11) is 0. The molecule has 4 nitrogen and oxygen atoms in total. The Labute approximate surface area is 160 Å². The number of benzene rings is 1. The van der Waals surface area contributed by atoms with Gasteiger partial charge < -0.3 is 9.80 Å². The highest BCUT2D eigenvalue weighted by Gasteiger charge is 2.40. The zero-order chi connectivity index (χ0) is 18.6. The van der Waals surface area contributed by atoms with Gasteiger partial charge in [-0.2, -0.15) is 0 Å². The van der Waals surface area contributed by atoms with E-state index in [0.717, 1.165) is 38.8 Å². The van der Waals surface area contributed by atoms with Gasteiger partial charge in [0.25, 0.3) is 0 Å². The zero-order valence-electron chi connectivity index (χ0n) is 15.6. The van der Waals surface area contributed by atoms with Gasteiger partial charge in [0.15, 0.2) is 11.6 Å². The molecular weight excluding hydrogens is 341 g/mol. The monoisotopic (exact) mass is 367 g/mol. The van der Waals surface area contributed by atoms with E-state index >= 15 is 0 Å². The van der Waals surface area contributed by atoms with Crippen molar-refractivity contribution in [1.82, 2.24) is 9.88 Å². The van der Waals surface area contributed by atoms with E-state index in [0.29, 0.717) is 24.7 Å². The number of likely N-dealkylation sites (tertiary alicyclic amines) is 1. The average Bonchev–Trinajstić information content (AvgIpc) is 3.12. The lowest BCUT2D eigenvalue weighted by molar-refractivity contribution is -0.132. The van der Waals surface area contributed by atoms with Crippen LogP contribution in [0.4, 0.5) is 10.2 Å². The number of pyridine rings is 1. The van der Waals surface area contributed by atoms with Gasteiger partial charge in [-0.1, -0.05) is 30.3 Å². The Bertz CT molecular complexity index is 782. The molecule has 1 aromatic carbocycles. The Kier molecular flexibility index (Phi) is 5.37. The number of hydrogen-bond acceptors (Lipinski definition) is 3. The van der Waals surface area contributed by atoms with Gasteiger partial charge in [-0.3, -0.25) is 4.79 Å². The molecule has 0 radical (unpaired) electrons. The molecule has 2 aromatic rings. The molecule has 0 N–H and O–H groups in total. The summed E-state index contributed by atoms with van der Waals surface area (Å²) in [6.07, 6.45) is 6.07. The number of rotatable bonds is 5. The molecule has 0 aliphatic carbocycles. The molecule has 5 heteroatoms. The Morgan fingerprint density at radius 2 is 1.93 bits per heavy atom. The maximum Gasteiger partial charge on any atom is 0.222 e. The summed E-state index contributed by atoms with van der Waals surface area (Å²) >= 11 is 0. The van der Waals surface area contributed by atoms with E-state index in [2.05, 4.69) is 17.1 Å². The predicted molar refractivity (Wildman–Crippen MR) is 104 cm³/mol. The summed E-state index contributed by atoms with van der Waals surface area (Å²) < 4.78 is 14.1. The topological polar surface area (TPSA) is 36.4 Å². The molecular formula is C22H26FN3O. The van der Waals surface area contributed by atoms with Crippen LogP contribution in [0.25, 0.3) is 0 Å². The van der Waals surface area contributed by atoms with Crippen LogP contribution in [0.2, 0.25) is 0 Å². The van der Waals surface area contributed by atoms with E-state index in [1.807, 2.05) is 28.0 Å². The fourth-order valence-electron chi connectivity index (χ4n) is 4.48. The fourth-order valence-corrected chi connectivity index (χ4v) is 4.48. The van der Waals surface area contributed by atoms with E-state index in [9.17, 15) is 9.18 Å². The lowest BCUT2D eigenvalue weighted by Gasteiger charge is -2.39. The number of hydrogen-bond donors (Lipinski definition) is 0. The van der Waals surface area contributed by atoms with Crippen LogP contribution in [0.3, 0.4) is 0 Å². The van der Waals surface area contributed by atoms with Crippen molar-refractivity contribution >= 4 is 11.7 Å². The molecule has 2 aliphatic rings. The summed E-state index contributed by atoms with van der Waals surface area (Å²) in [6.45, 7) is 2.33. The van der Waals surface area contributed by atoms with Gasteiger partial charge in [0.05, 0.1) is 6.04 Å². The molecule has 1 aromatic heterocycles. The highest BCUT2D eigenvalue weighted by Crippen LogP contribution is 2.34. The maximum absolute atomic E-state index is 14.1. The second kappa shape index (κ2) is 8.07. The lowest BCUT2D eigenvalue weighted by atomic mass is 9.92. The summed E-state index contributed by atoms with van der Waals surface area (Å²) in [5.74, 6) is 0.905. The molecule has 2 fully saturated rings. The average molecular weight is 367 g/mol. The summed E-state index contributed by atoms with van der Waals surface area (Å²) in [6, 6.07) is 13.6. The normalized spacial score (nSPS) is 22.0. The van der Waals surface area contributed by atoms with Gasteiger partial charge in [0.2, 0.25) is 5.91 Å². The number of anilines is 1. The molecule has 0 spiro atoms. The van der Waals surface area contributed by atoms with Crippen LogP contribution < -0.4 is 4.90 Å². The first-order chi connectivity index (χ1) is 13.2. The third-order valence-electron chi connectivity index (χ3n) is 5.92. The largest absolute Gasteiger partial charge is 0.352 e. The lowest BCUT2D eigenvalue weighted by Crippen LogP contribution is -2.50. The van der Waals surface area contributed by atoms with Gasteiger partial charge >= 0.3 is 0 Å². The molecule has 27 heavy (non-hydrogen) atoms. The smallest absolute Gasteiger partial charge is 0.222 e. The minimum atomic E-state index is -0.283. The Hall–Kier alpha value is -2.43. The van der Waals surface area contributed by atoms with Crippen molar-refractivity contribution in [3.8, 4) is 0 Å². The highest BCUT2D eigenvalue weighted by molar-refractivity contribution is 5.77. The first kappa shape index (κ1) is 18.0. The van der Waals surface area contributed by atoms with Crippen LogP contribution in [0.1, 0.15) is 31.2 Å². The highest BCUT2D eigenvalue weighted by atomic mass is 19.1. The molecule has 3 heterocycles. The minimum absolute atomic E-state index is 0.185. The number of halogens is 1. The summed E-state index contributed by atoms with van der Waals surface area (Å²) in [5, 5.41) is 0. The van der Waals surface area contributed by atoms with Gasteiger partial charge in [-0.25, -0.2) is 9.37 Å². The van der Waals surface area contributed by atoms with Crippen molar-refractivity contribution in [2.75, 3.05) is 24.5 Å². The fraction of sp³-hybridized carbons (Fsp3) is 0.455. The van der Waals surface area contributed by atoms with E-state index in [4.69, 9.17) is 0 Å². The Balaban J connectivity index is 1.36. The van der Waals surface area contributed by atoms with Crippen molar-refractivity contribution in [2.45, 2.75) is 38.1 Å². The molecule has 142 valence electrons. The number of aromatic nitrogens is 1. The van der Waals surface area contributed by atoms with Crippen LogP contribution in [0.15, 0.2) is 48.7 Å². The van der Waals surface area contributed by atoms with Crippen LogP contribution in [0.5, 0.6) is 0 Å². The molecule has 2 unspecified atom stereocenters. The molecule has 4 rings (SSSR count). The second-order valence-corrected chi connectivity index (χ2v) is 7.59. The van der Waals surface area contributed by atoms with Crippen LogP contribution in [0, 0.1) is 11.7 Å². The van der Waals surface area contributed by atoms with Crippen molar-refractivity contribution < 1.29 is 9.18 Å². The van der Waals surface area contributed by atoms with Crippen molar-refractivity contribution in [1.29, 1.82) is 0 Å². The van der Waals surface area contributed by atoms with Crippen molar-refractivity contribution in [3.63, 3.8) is 0 Å². The third kappa shape index (κ3) is 3.97. The standard InChI is InChI=1S/C22H26FN3O/c23-19-9-5-13-24-22(19)25-14-11-18-12-15-26(20(18)16-25)21(27)10-4-8-17-6-2-1-3-7-17/h1-3,5-7,9,13,18,20H,4,8,10-12,14-16H2. The number of amides is 1. The number of fused-ring (bicyclic) bond motifs is 1. The summed E-state index contributed by atoms with van der Waals surface area (Å²) in [4.78, 5) is 21.1. The number of nitrogens with zero attached hydrogens (tertiary/aromatic N) is 3. The Morgan fingerprint density at radius 1 is 1.11 bits per heavy atom. The number of aryl methyl sites for hydroxylation is 1. The van der Waals surface area contributed by atoms with Crippen molar-refractivity contribution in [3.05, 3.63) is 60.0 Å².